The van der Waals surface area contributed by atoms with Crippen LogP contribution in [0.3, 0.4) is 0 Å². The van der Waals surface area contributed by atoms with Gasteiger partial charge in [-0.05, 0) is 24.6 Å². The Kier molecular flexibility index (Phi) is 2.30. The molecule has 0 saturated carbocycles. The van der Waals surface area contributed by atoms with Gasteiger partial charge in [-0.3, -0.25) is 0 Å². The molecule has 5 heteroatoms. The van der Waals surface area contributed by atoms with Crippen LogP contribution in [0.25, 0.3) is 10.9 Å². The molecule has 82 valence electrons. The number of carbonyl (C=O) groups is 1. The Morgan fingerprint density at radius 2 is 2.00 bits per heavy atom. The molecule has 1 aromatic heterocycles. The van der Waals surface area contributed by atoms with E-state index in [0.29, 0.717) is 11.6 Å². The largest absolute Gasteiger partial charge is 0.477 e. The summed E-state index contributed by atoms with van der Waals surface area (Å²) in [5, 5.41) is 9.04. The van der Waals surface area contributed by atoms with E-state index in [9.17, 15) is 13.6 Å². The third kappa shape index (κ3) is 1.60. The molecule has 0 unspecified atom stereocenters. The maximum Gasteiger partial charge on any atom is 0.354 e. The first kappa shape index (κ1) is 10.5. The third-order valence-electron chi connectivity index (χ3n) is 2.26. The van der Waals surface area contributed by atoms with Gasteiger partial charge in [-0.1, -0.05) is 0 Å². The second kappa shape index (κ2) is 3.52. The van der Waals surface area contributed by atoms with E-state index in [2.05, 4.69) is 4.98 Å². The lowest BCUT2D eigenvalue weighted by Crippen LogP contribution is -2.02. The van der Waals surface area contributed by atoms with E-state index in [4.69, 9.17) is 5.11 Å². The summed E-state index contributed by atoms with van der Waals surface area (Å²) >= 11 is 0. The third-order valence-corrected chi connectivity index (χ3v) is 2.26. The number of nitrogens with zero attached hydrogens (tertiary/aromatic N) is 1. The summed E-state index contributed by atoms with van der Waals surface area (Å²) in [7, 11) is 0. The van der Waals surface area contributed by atoms with Gasteiger partial charge in [-0.25, -0.2) is 18.6 Å². The van der Waals surface area contributed by atoms with Crippen molar-refractivity contribution in [1.82, 2.24) is 4.98 Å². The Bertz CT molecular complexity index is 596. The standard InChI is InChI=1S/C11H7F2NO2/c1-5-2-9(11(15)16)14-10-7(5)3-6(12)4-8(10)13/h2-4H,1H3,(H,15,16). The predicted molar refractivity (Wildman–Crippen MR) is 53.4 cm³/mol. The van der Waals surface area contributed by atoms with Crippen molar-refractivity contribution in [3.63, 3.8) is 0 Å². The van der Waals surface area contributed by atoms with Gasteiger partial charge in [0.25, 0.3) is 0 Å². The summed E-state index contributed by atoms with van der Waals surface area (Å²) in [6.07, 6.45) is 0. The van der Waals surface area contributed by atoms with Crippen LogP contribution in [-0.2, 0) is 0 Å². The van der Waals surface area contributed by atoms with Crippen LogP contribution in [0.4, 0.5) is 8.78 Å². The normalized spacial score (nSPS) is 10.7. The Balaban J connectivity index is 2.87. The molecule has 1 heterocycles. The van der Waals surface area contributed by atoms with E-state index in [1.54, 1.807) is 6.92 Å². The zero-order valence-electron chi connectivity index (χ0n) is 8.29. The number of pyridine rings is 1. The summed E-state index contributed by atoms with van der Waals surface area (Å²) < 4.78 is 26.3. The fourth-order valence-electron chi connectivity index (χ4n) is 1.53. The average molecular weight is 223 g/mol. The zero-order chi connectivity index (χ0) is 11.9. The van der Waals surface area contributed by atoms with Gasteiger partial charge in [0.05, 0.1) is 0 Å². The molecule has 0 spiro atoms. The Morgan fingerprint density at radius 3 is 2.62 bits per heavy atom. The highest BCUT2D eigenvalue weighted by Crippen LogP contribution is 2.22. The maximum absolute atomic E-state index is 13.4. The lowest BCUT2D eigenvalue weighted by Gasteiger charge is -2.04. The van der Waals surface area contributed by atoms with Crippen molar-refractivity contribution in [3.8, 4) is 0 Å². The van der Waals surface area contributed by atoms with Crippen LogP contribution in [0.2, 0.25) is 0 Å². The smallest absolute Gasteiger partial charge is 0.354 e. The second-order valence-electron chi connectivity index (χ2n) is 3.41. The molecule has 0 aliphatic carbocycles. The molecule has 16 heavy (non-hydrogen) atoms. The summed E-state index contributed by atoms with van der Waals surface area (Å²) in [6, 6.07) is 3.09. The van der Waals surface area contributed by atoms with Gasteiger partial charge in [0, 0.05) is 11.5 Å². The molecule has 0 fully saturated rings. The molecule has 1 N–H and O–H groups in total. The number of rotatable bonds is 1. The highest BCUT2D eigenvalue weighted by molar-refractivity contribution is 5.91. The summed E-state index contributed by atoms with van der Waals surface area (Å²) in [4.78, 5) is 14.4. The number of aromatic nitrogens is 1. The van der Waals surface area contributed by atoms with Crippen LogP contribution in [0, 0.1) is 18.6 Å². The van der Waals surface area contributed by atoms with Gasteiger partial charge >= 0.3 is 5.97 Å². The van der Waals surface area contributed by atoms with Gasteiger partial charge in [0.1, 0.15) is 17.0 Å². The number of fused-ring (bicyclic) bond motifs is 1. The van der Waals surface area contributed by atoms with Crippen molar-refractivity contribution in [3.05, 3.63) is 41.1 Å². The molecular formula is C11H7F2NO2. The van der Waals surface area contributed by atoms with Gasteiger partial charge in [-0.15, -0.1) is 0 Å². The fraction of sp³-hybridized carbons (Fsp3) is 0.0909. The topological polar surface area (TPSA) is 50.2 Å². The van der Waals surface area contributed by atoms with Crippen molar-refractivity contribution < 1.29 is 18.7 Å². The van der Waals surface area contributed by atoms with Gasteiger partial charge in [0.15, 0.2) is 5.82 Å². The molecule has 0 radical (unpaired) electrons. The molecule has 0 bridgehead atoms. The maximum atomic E-state index is 13.4. The minimum Gasteiger partial charge on any atom is -0.477 e. The minimum atomic E-state index is -1.24. The second-order valence-corrected chi connectivity index (χ2v) is 3.41. The first-order chi connectivity index (χ1) is 7.49. The van der Waals surface area contributed by atoms with Crippen molar-refractivity contribution in [2.45, 2.75) is 6.92 Å². The molecule has 0 saturated heterocycles. The number of carboxylic acid groups (broad SMARTS) is 1. The molecule has 0 atom stereocenters. The number of aryl methyl sites for hydroxylation is 1. The van der Waals surface area contributed by atoms with E-state index in [0.717, 1.165) is 6.07 Å². The Hall–Kier alpha value is -2.04. The summed E-state index contributed by atoms with van der Waals surface area (Å²) in [5.74, 6) is -2.81. The van der Waals surface area contributed by atoms with E-state index in [1.165, 1.54) is 6.07 Å². The van der Waals surface area contributed by atoms with E-state index in [1.807, 2.05) is 0 Å². The highest BCUT2D eigenvalue weighted by Gasteiger charge is 2.12. The Labute approximate surface area is 89.3 Å². The summed E-state index contributed by atoms with van der Waals surface area (Å²) in [5.41, 5.74) is 0.0927. The SMILES string of the molecule is Cc1cc(C(=O)O)nc2c(F)cc(F)cc12. The van der Waals surface area contributed by atoms with E-state index < -0.39 is 17.6 Å². The lowest BCUT2D eigenvalue weighted by molar-refractivity contribution is 0.0691. The molecule has 2 aromatic rings. The monoisotopic (exact) mass is 223 g/mol. The molecular weight excluding hydrogens is 216 g/mol. The molecule has 2 rings (SSSR count). The zero-order valence-corrected chi connectivity index (χ0v) is 8.29. The first-order valence-electron chi connectivity index (χ1n) is 4.48. The number of aromatic carboxylic acids is 1. The summed E-state index contributed by atoms with van der Waals surface area (Å²) in [6.45, 7) is 1.58. The number of hydrogen-bond donors (Lipinski definition) is 1. The molecule has 0 amide bonds. The van der Waals surface area contributed by atoms with E-state index >= 15 is 0 Å². The first-order valence-corrected chi connectivity index (χ1v) is 4.48. The van der Waals surface area contributed by atoms with Crippen molar-refractivity contribution in [2.24, 2.45) is 0 Å². The van der Waals surface area contributed by atoms with Crippen LogP contribution in [0.1, 0.15) is 16.1 Å². The van der Waals surface area contributed by atoms with Crippen LogP contribution in [0.15, 0.2) is 18.2 Å². The highest BCUT2D eigenvalue weighted by atomic mass is 19.1. The van der Waals surface area contributed by atoms with E-state index in [-0.39, 0.29) is 16.6 Å². The van der Waals surface area contributed by atoms with Crippen molar-refractivity contribution in [2.75, 3.05) is 0 Å². The predicted octanol–water partition coefficient (Wildman–Crippen LogP) is 2.52. The van der Waals surface area contributed by atoms with Crippen LogP contribution in [0.5, 0.6) is 0 Å². The minimum absolute atomic E-state index is 0.126. The molecule has 0 aliphatic rings. The number of benzene rings is 1. The van der Waals surface area contributed by atoms with Gasteiger partial charge in [-0.2, -0.15) is 0 Å². The van der Waals surface area contributed by atoms with Crippen LogP contribution >= 0.6 is 0 Å². The number of hydrogen-bond acceptors (Lipinski definition) is 2. The Morgan fingerprint density at radius 1 is 1.31 bits per heavy atom. The van der Waals surface area contributed by atoms with Gasteiger partial charge < -0.3 is 5.11 Å². The van der Waals surface area contributed by atoms with Crippen LogP contribution < -0.4 is 0 Å². The van der Waals surface area contributed by atoms with Crippen LogP contribution in [-0.4, -0.2) is 16.1 Å². The van der Waals surface area contributed by atoms with Gasteiger partial charge in [0.2, 0.25) is 0 Å². The lowest BCUT2D eigenvalue weighted by atomic mass is 10.1. The molecule has 1 aromatic carbocycles. The van der Waals surface area contributed by atoms with Crippen molar-refractivity contribution in [1.29, 1.82) is 0 Å². The number of halogens is 2. The number of carboxylic acids is 1. The van der Waals surface area contributed by atoms with Crippen molar-refractivity contribution >= 4 is 16.9 Å². The average Bonchev–Trinajstić information content (AvgIpc) is 2.19. The molecule has 0 aliphatic heterocycles. The molecule has 3 nitrogen and oxygen atoms in total. The quantitative estimate of drug-likeness (QED) is 0.808. The fourth-order valence-corrected chi connectivity index (χ4v) is 1.53.